The predicted molar refractivity (Wildman–Crippen MR) is 305 cm³/mol. The van der Waals surface area contributed by atoms with Gasteiger partial charge in [0.25, 0.3) is 0 Å². The molecule has 8 aromatic carbocycles. The second-order valence-electron chi connectivity index (χ2n) is 18.9. The Morgan fingerprint density at radius 1 is 0.438 bits per heavy atom. The second kappa shape index (κ2) is 23.1. The van der Waals surface area contributed by atoms with Crippen LogP contribution in [0.5, 0.6) is 5.75 Å². The van der Waals surface area contributed by atoms with Crippen LogP contribution in [0.25, 0.3) is 61.1 Å². The third kappa shape index (κ3) is 10.7. The lowest BCUT2D eigenvalue weighted by Crippen LogP contribution is -2.23. The molecule has 0 N–H and O–H groups in total. The first-order valence-corrected chi connectivity index (χ1v) is 26.2. The van der Waals surface area contributed by atoms with E-state index in [2.05, 4.69) is 208 Å². The van der Waals surface area contributed by atoms with E-state index in [1.54, 1.807) is 6.08 Å². The standard InChI is InChI=1S/C66H62N6O/c1-2-69(52-31-29-50(30-32-52)47-51(48-67)49-68)45-19-9-7-5-3-4-6-8-10-20-46-73-58-43-41-55(42-44-58)70(53-33-37-56(38-34-53)71-63-25-15-11-21-59(63)60-22-12-16-26-64(60)71)54-35-39-57(40-36-54)72-65-27-17-13-23-61(65)62-24-14-18-28-66(62)72/h11-18,21-44,47H,2-10,19-20,45-46H2,1H3. The maximum atomic E-state index is 9.04. The zero-order valence-corrected chi connectivity index (χ0v) is 41.8. The van der Waals surface area contributed by atoms with Crippen molar-refractivity contribution in [3.8, 4) is 29.3 Å². The first-order chi connectivity index (χ1) is 36.1. The van der Waals surface area contributed by atoms with E-state index >= 15 is 0 Å². The van der Waals surface area contributed by atoms with Gasteiger partial charge in [-0.05, 0) is 141 Å². The minimum atomic E-state index is 0.124. The molecule has 10 aromatic rings. The van der Waals surface area contributed by atoms with Gasteiger partial charge in [-0.25, -0.2) is 0 Å². The maximum Gasteiger partial charge on any atom is 0.130 e. The van der Waals surface area contributed by atoms with Crippen LogP contribution in [-0.4, -0.2) is 28.8 Å². The highest BCUT2D eigenvalue weighted by atomic mass is 16.5. The monoisotopic (exact) mass is 954 g/mol. The summed E-state index contributed by atoms with van der Waals surface area (Å²) in [5.74, 6) is 0.895. The van der Waals surface area contributed by atoms with Crippen molar-refractivity contribution >= 4 is 72.4 Å². The first-order valence-electron chi connectivity index (χ1n) is 26.2. The summed E-state index contributed by atoms with van der Waals surface area (Å²) in [5.41, 5.74) is 12.4. The molecular weight excluding hydrogens is 893 g/mol. The number of allylic oxidation sites excluding steroid dienone is 1. The van der Waals surface area contributed by atoms with Gasteiger partial charge in [0.05, 0.1) is 28.7 Å². The van der Waals surface area contributed by atoms with Crippen LogP contribution in [0.1, 0.15) is 76.7 Å². The second-order valence-corrected chi connectivity index (χ2v) is 18.9. The van der Waals surface area contributed by atoms with Crippen molar-refractivity contribution in [3.05, 3.63) is 205 Å². The molecule has 0 atom stereocenters. The molecule has 7 heteroatoms. The molecule has 0 saturated heterocycles. The molecule has 2 heterocycles. The molecule has 2 aromatic heterocycles. The van der Waals surface area contributed by atoms with Crippen molar-refractivity contribution in [1.82, 2.24) is 9.13 Å². The Hall–Kier alpha value is -8.52. The lowest BCUT2D eigenvalue weighted by molar-refractivity contribution is 0.304. The number of benzene rings is 8. The number of ether oxygens (including phenoxy) is 1. The van der Waals surface area contributed by atoms with Gasteiger partial charge >= 0.3 is 0 Å². The van der Waals surface area contributed by atoms with Crippen molar-refractivity contribution in [1.29, 1.82) is 10.5 Å². The minimum absolute atomic E-state index is 0.124. The van der Waals surface area contributed by atoms with Crippen LogP contribution in [0.15, 0.2) is 200 Å². The Morgan fingerprint density at radius 2 is 0.808 bits per heavy atom. The van der Waals surface area contributed by atoms with Gasteiger partial charge in [0.1, 0.15) is 23.5 Å². The van der Waals surface area contributed by atoms with Gasteiger partial charge in [-0.1, -0.05) is 136 Å². The highest BCUT2D eigenvalue weighted by Crippen LogP contribution is 2.39. The summed E-state index contributed by atoms with van der Waals surface area (Å²) in [4.78, 5) is 4.74. The van der Waals surface area contributed by atoms with Crippen molar-refractivity contribution in [3.63, 3.8) is 0 Å². The summed E-state index contributed by atoms with van der Waals surface area (Å²) < 4.78 is 11.1. The lowest BCUT2D eigenvalue weighted by Gasteiger charge is -2.26. The molecule has 73 heavy (non-hydrogen) atoms. The summed E-state index contributed by atoms with van der Waals surface area (Å²) in [5, 5.41) is 23.1. The first kappa shape index (κ1) is 48.1. The number of hydrogen-bond acceptors (Lipinski definition) is 5. The van der Waals surface area contributed by atoms with Gasteiger partial charge in [-0.15, -0.1) is 0 Å². The highest BCUT2D eigenvalue weighted by Gasteiger charge is 2.17. The Balaban J connectivity index is 0.740. The van der Waals surface area contributed by atoms with E-state index in [0.717, 1.165) is 65.9 Å². The molecule has 0 aliphatic carbocycles. The Kier molecular flexibility index (Phi) is 15.3. The number of aromatic nitrogens is 2. The Labute approximate surface area is 430 Å². The van der Waals surface area contributed by atoms with Crippen LogP contribution < -0.4 is 14.5 Å². The van der Waals surface area contributed by atoms with Crippen LogP contribution in [0.2, 0.25) is 0 Å². The van der Waals surface area contributed by atoms with Crippen LogP contribution >= 0.6 is 0 Å². The SMILES string of the molecule is CCN(CCCCCCCCCCCCOc1ccc(N(c2ccc(-n3c4ccccc4c4ccccc43)cc2)c2ccc(-n3c4ccccc4c4ccccc43)cc2)cc1)c1ccc(C=C(C#N)C#N)cc1. The summed E-state index contributed by atoms with van der Waals surface area (Å²) in [6, 6.07) is 73.2. The van der Waals surface area contributed by atoms with Crippen molar-refractivity contribution in [2.75, 3.05) is 29.5 Å². The van der Waals surface area contributed by atoms with E-state index in [4.69, 9.17) is 15.3 Å². The molecule has 0 amide bonds. The molecule has 0 aliphatic rings. The Bertz CT molecular complexity index is 3270. The smallest absolute Gasteiger partial charge is 0.130 e. The zero-order valence-electron chi connectivity index (χ0n) is 41.8. The van der Waals surface area contributed by atoms with E-state index in [9.17, 15) is 0 Å². The normalized spacial score (nSPS) is 11.2. The summed E-state index contributed by atoms with van der Waals surface area (Å²) in [6.45, 7) is 4.91. The fourth-order valence-electron chi connectivity index (χ4n) is 10.6. The van der Waals surface area contributed by atoms with Crippen molar-refractivity contribution in [2.45, 2.75) is 71.1 Å². The van der Waals surface area contributed by atoms with Crippen LogP contribution in [0.3, 0.4) is 0 Å². The van der Waals surface area contributed by atoms with Gasteiger partial charge in [-0.2, -0.15) is 10.5 Å². The lowest BCUT2D eigenvalue weighted by atomic mass is 10.1. The molecule has 0 aliphatic heterocycles. The average Bonchev–Trinajstić information content (AvgIpc) is 3.97. The van der Waals surface area contributed by atoms with E-state index in [1.165, 1.54) is 107 Å². The number of para-hydroxylation sites is 4. The van der Waals surface area contributed by atoms with E-state index < -0.39 is 0 Å². The largest absolute Gasteiger partial charge is 0.494 e. The summed E-state index contributed by atoms with van der Waals surface area (Å²) in [6.07, 6.45) is 14.0. The van der Waals surface area contributed by atoms with Crippen molar-refractivity contribution in [2.24, 2.45) is 0 Å². The van der Waals surface area contributed by atoms with Gasteiger partial charge < -0.3 is 23.7 Å². The van der Waals surface area contributed by atoms with Gasteiger partial charge in [0.15, 0.2) is 0 Å². The molecule has 10 rings (SSSR count). The third-order valence-electron chi connectivity index (χ3n) is 14.3. The van der Waals surface area contributed by atoms with Crippen molar-refractivity contribution < 1.29 is 4.74 Å². The van der Waals surface area contributed by atoms with Crippen LogP contribution in [0, 0.1) is 22.7 Å². The number of unbranched alkanes of at least 4 members (excludes halogenated alkanes) is 9. The average molecular weight is 955 g/mol. The van der Waals surface area contributed by atoms with E-state index in [-0.39, 0.29) is 5.57 Å². The fourth-order valence-corrected chi connectivity index (χ4v) is 10.6. The van der Waals surface area contributed by atoms with E-state index in [0.29, 0.717) is 0 Å². The molecular formula is C66H62N6O. The molecule has 7 nitrogen and oxygen atoms in total. The Morgan fingerprint density at radius 3 is 1.22 bits per heavy atom. The molecule has 0 saturated carbocycles. The zero-order chi connectivity index (χ0) is 49.8. The van der Waals surface area contributed by atoms with Gasteiger partial charge in [0.2, 0.25) is 0 Å². The summed E-state index contributed by atoms with van der Waals surface area (Å²) >= 11 is 0. The van der Waals surface area contributed by atoms with Crippen LogP contribution in [0.4, 0.5) is 22.7 Å². The molecule has 0 radical (unpaired) electrons. The molecule has 0 fully saturated rings. The number of hydrogen-bond donors (Lipinski definition) is 0. The molecule has 0 spiro atoms. The number of rotatable bonds is 22. The highest BCUT2D eigenvalue weighted by molar-refractivity contribution is 6.10. The quantitative estimate of drug-likeness (QED) is 0.0500. The number of anilines is 4. The molecule has 0 bridgehead atoms. The molecule has 362 valence electrons. The molecule has 0 unspecified atom stereocenters. The maximum absolute atomic E-state index is 9.04. The van der Waals surface area contributed by atoms with Crippen LogP contribution in [-0.2, 0) is 0 Å². The summed E-state index contributed by atoms with van der Waals surface area (Å²) in [7, 11) is 0. The van der Waals surface area contributed by atoms with Gasteiger partial charge in [0, 0.05) is 68.8 Å². The number of nitriles is 2. The van der Waals surface area contributed by atoms with Gasteiger partial charge in [-0.3, -0.25) is 0 Å². The number of fused-ring (bicyclic) bond motifs is 6. The third-order valence-corrected chi connectivity index (χ3v) is 14.3. The predicted octanol–water partition coefficient (Wildman–Crippen LogP) is 17.6. The topological polar surface area (TPSA) is 73.2 Å². The van der Waals surface area contributed by atoms with E-state index in [1.807, 2.05) is 24.3 Å². The number of nitrogens with zero attached hydrogens (tertiary/aromatic N) is 6. The fraction of sp³-hybridized carbons (Fsp3) is 0.212. The minimum Gasteiger partial charge on any atom is -0.494 e.